The molecule has 41 heavy (non-hydrogen) atoms. The second-order valence-electron chi connectivity index (χ2n) is 11.8. The molecule has 1 saturated carbocycles. The van der Waals surface area contributed by atoms with Crippen LogP contribution in [0.15, 0.2) is 41.2 Å². The molecule has 1 aliphatic carbocycles. The molecule has 2 aromatic carbocycles. The topological polar surface area (TPSA) is 101 Å². The van der Waals surface area contributed by atoms with Crippen molar-refractivity contribution in [3.05, 3.63) is 74.8 Å². The van der Waals surface area contributed by atoms with Gasteiger partial charge in [-0.05, 0) is 78.1 Å². The molecule has 0 amide bonds. The van der Waals surface area contributed by atoms with Gasteiger partial charge in [-0.15, -0.1) is 5.10 Å². The second-order valence-corrected chi connectivity index (χ2v) is 11.8. The molecular formula is C31H37N7O3. The molecule has 4 aromatic rings. The standard InChI is InChI=1S/C31H37N7O3/c1-20-14-21(2)24-17-25(31(39)32-26(24)15-20)29(30-33-34-35-38(30)23-6-4-3-5-7-23)37-12-10-36(11-13-37)18-22-8-9-27-28(16-22)41-19-40-27/h8-9,14-17,23,29H,3-7,10-13,18-19H2,1-2H3,(H,32,39)/t29-/m0/s1. The molecule has 0 radical (unpaired) electrons. The monoisotopic (exact) mass is 555 g/mol. The molecule has 1 atom stereocenters. The Morgan fingerprint density at radius 3 is 2.61 bits per heavy atom. The lowest BCUT2D eigenvalue weighted by Gasteiger charge is -2.39. The first-order valence-corrected chi connectivity index (χ1v) is 14.8. The number of benzene rings is 2. The van der Waals surface area contributed by atoms with Crippen LogP contribution in [0, 0.1) is 13.8 Å². The van der Waals surface area contributed by atoms with Crippen LogP contribution in [0.2, 0.25) is 0 Å². The molecule has 10 nitrogen and oxygen atoms in total. The van der Waals surface area contributed by atoms with Crippen LogP contribution in [0.4, 0.5) is 0 Å². The quantitative estimate of drug-likeness (QED) is 0.376. The predicted octanol–water partition coefficient (Wildman–Crippen LogP) is 4.27. The predicted molar refractivity (Wildman–Crippen MR) is 155 cm³/mol. The van der Waals surface area contributed by atoms with E-state index in [1.54, 1.807) is 0 Å². The number of piperazine rings is 1. The number of aromatic amines is 1. The molecule has 1 saturated heterocycles. The Hall–Kier alpha value is -3.76. The van der Waals surface area contributed by atoms with Gasteiger partial charge in [-0.1, -0.05) is 31.4 Å². The van der Waals surface area contributed by atoms with E-state index >= 15 is 0 Å². The fourth-order valence-corrected chi connectivity index (χ4v) is 6.83. The van der Waals surface area contributed by atoms with Gasteiger partial charge < -0.3 is 14.5 Å². The highest BCUT2D eigenvalue weighted by Crippen LogP contribution is 2.35. The molecule has 0 spiro atoms. The van der Waals surface area contributed by atoms with E-state index in [0.717, 1.165) is 84.9 Å². The first kappa shape index (κ1) is 26.2. The summed E-state index contributed by atoms with van der Waals surface area (Å²) in [5.74, 6) is 2.40. The zero-order valence-electron chi connectivity index (χ0n) is 23.8. The lowest BCUT2D eigenvalue weighted by atomic mass is 9.94. The first-order chi connectivity index (χ1) is 20.0. The van der Waals surface area contributed by atoms with Crippen molar-refractivity contribution in [1.29, 1.82) is 0 Å². The van der Waals surface area contributed by atoms with Gasteiger partial charge in [0.2, 0.25) is 6.79 Å². The number of fused-ring (bicyclic) bond motifs is 2. The van der Waals surface area contributed by atoms with Gasteiger partial charge in [0.05, 0.1) is 6.04 Å². The number of nitrogens with one attached hydrogen (secondary N) is 1. The van der Waals surface area contributed by atoms with Crippen LogP contribution < -0.4 is 15.0 Å². The van der Waals surface area contributed by atoms with Gasteiger partial charge in [0.15, 0.2) is 17.3 Å². The molecule has 0 unspecified atom stereocenters. The van der Waals surface area contributed by atoms with E-state index in [2.05, 4.69) is 68.4 Å². The molecule has 2 aliphatic heterocycles. The molecule has 3 aliphatic rings. The molecule has 2 aromatic heterocycles. The number of tetrazole rings is 1. The minimum atomic E-state index is -0.325. The third-order valence-electron chi connectivity index (χ3n) is 8.93. The van der Waals surface area contributed by atoms with E-state index in [0.29, 0.717) is 5.56 Å². The summed E-state index contributed by atoms with van der Waals surface area (Å²) in [5, 5.41) is 14.3. The summed E-state index contributed by atoms with van der Waals surface area (Å²) < 4.78 is 13.1. The van der Waals surface area contributed by atoms with E-state index in [1.165, 1.54) is 24.8 Å². The highest BCUT2D eigenvalue weighted by Gasteiger charge is 2.34. The van der Waals surface area contributed by atoms with Crippen molar-refractivity contribution in [3.8, 4) is 11.5 Å². The van der Waals surface area contributed by atoms with Gasteiger partial charge >= 0.3 is 0 Å². The Bertz CT molecular complexity index is 1620. The highest BCUT2D eigenvalue weighted by molar-refractivity contribution is 5.83. The lowest BCUT2D eigenvalue weighted by molar-refractivity contribution is 0.0982. The van der Waals surface area contributed by atoms with Crippen LogP contribution in [0.1, 0.15) is 72.3 Å². The average molecular weight is 556 g/mol. The Labute approximate surface area is 239 Å². The maximum absolute atomic E-state index is 13.7. The summed E-state index contributed by atoms with van der Waals surface area (Å²) in [6.45, 7) is 8.64. The normalized spacial score (nSPS) is 19.2. The van der Waals surface area contributed by atoms with Crippen molar-refractivity contribution in [2.45, 2.75) is 64.6 Å². The van der Waals surface area contributed by atoms with Gasteiger partial charge in [-0.2, -0.15) is 0 Å². The van der Waals surface area contributed by atoms with Gasteiger partial charge in [-0.25, -0.2) is 4.68 Å². The summed E-state index contributed by atoms with van der Waals surface area (Å²) in [5.41, 5.74) is 4.99. The van der Waals surface area contributed by atoms with Crippen LogP contribution in [0.25, 0.3) is 10.9 Å². The first-order valence-electron chi connectivity index (χ1n) is 14.8. The zero-order valence-corrected chi connectivity index (χ0v) is 23.8. The number of pyridine rings is 1. The third-order valence-corrected chi connectivity index (χ3v) is 8.93. The average Bonchev–Trinajstić information content (AvgIpc) is 3.65. The summed E-state index contributed by atoms with van der Waals surface area (Å²) in [6.07, 6.45) is 5.76. The molecule has 4 heterocycles. The molecule has 2 fully saturated rings. The number of hydrogen-bond donors (Lipinski definition) is 1. The van der Waals surface area contributed by atoms with Crippen LogP contribution in [-0.2, 0) is 6.54 Å². The Balaban J connectivity index is 1.20. The Morgan fingerprint density at radius 1 is 0.976 bits per heavy atom. The summed E-state index contributed by atoms with van der Waals surface area (Å²) in [7, 11) is 0. The Kier molecular flexibility index (Phi) is 6.96. The number of ether oxygens (including phenoxy) is 2. The molecule has 1 N–H and O–H groups in total. The highest BCUT2D eigenvalue weighted by atomic mass is 16.7. The van der Waals surface area contributed by atoms with E-state index < -0.39 is 0 Å². The fraction of sp³-hybridized carbons (Fsp3) is 0.484. The van der Waals surface area contributed by atoms with Gasteiger partial charge in [0.1, 0.15) is 6.04 Å². The third kappa shape index (κ3) is 5.10. The van der Waals surface area contributed by atoms with E-state index in [1.807, 2.05) is 16.8 Å². The zero-order chi connectivity index (χ0) is 27.9. The van der Waals surface area contributed by atoms with Crippen LogP contribution in [0.3, 0.4) is 0 Å². The number of nitrogens with zero attached hydrogens (tertiary/aromatic N) is 6. The lowest BCUT2D eigenvalue weighted by Crippen LogP contribution is -2.48. The maximum Gasteiger partial charge on any atom is 0.253 e. The number of aryl methyl sites for hydroxylation is 2. The summed E-state index contributed by atoms with van der Waals surface area (Å²) in [4.78, 5) is 21.8. The minimum absolute atomic E-state index is 0.0755. The molecule has 214 valence electrons. The van der Waals surface area contributed by atoms with Gasteiger partial charge in [-0.3, -0.25) is 14.6 Å². The van der Waals surface area contributed by atoms with Crippen LogP contribution in [-0.4, -0.2) is 68.0 Å². The van der Waals surface area contributed by atoms with E-state index in [-0.39, 0.29) is 24.4 Å². The van der Waals surface area contributed by atoms with Crippen LogP contribution >= 0.6 is 0 Å². The SMILES string of the molecule is Cc1cc(C)c2cc([C@@H](c3nnnn3C3CCCCC3)N3CCN(Cc4ccc5c(c4)OCO5)CC3)c(=O)[nH]c2c1. The van der Waals surface area contributed by atoms with Gasteiger partial charge in [0.25, 0.3) is 5.56 Å². The molecule has 10 heteroatoms. The molecule has 0 bridgehead atoms. The van der Waals surface area contributed by atoms with Crippen molar-refractivity contribution in [2.75, 3.05) is 33.0 Å². The number of rotatable bonds is 6. The summed E-state index contributed by atoms with van der Waals surface area (Å²) in [6, 6.07) is 12.4. The molecular weight excluding hydrogens is 518 g/mol. The smallest absolute Gasteiger partial charge is 0.253 e. The number of H-pyrrole nitrogens is 1. The van der Waals surface area contributed by atoms with Crippen molar-refractivity contribution >= 4 is 10.9 Å². The Morgan fingerprint density at radius 2 is 1.78 bits per heavy atom. The minimum Gasteiger partial charge on any atom is -0.454 e. The maximum atomic E-state index is 13.7. The van der Waals surface area contributed by atoms with Crippen molar-refractivity contribution in [2.24, 2.45) is 0 Å². The molecule has 7 rings (SSSR count). The number of hydrogen-bond acceptors (Lipinski definition) is 8. The number of aromatic nitrogens is 5. The summed E-state index contributed by atoms with van der Waals surface area (Å²) >= 11 is 0. The fourth-order valence-electron chi connectivity index (χ4n) is 6.83. The second kappa shape index (κ2) is 10.9. The van der Waals surface area contributed by atoms with Gasteiger partial charge in [0, 0.05) is 49.2 Å². The van der Waals surface area contributed by atoms with Crippen molar-refractivity contribution in [1.82, 2.24) is 35.0 Å². The van der Waals surface area contributed by atoms with E-state index in [9.17, 15) is 4.79 Å². The van der Waals surface area contributed by atoms with Crippen molar-refractivity contribution in [3.63, 3.8) is 0 Å². The van der Waals surface area contributed by atoms with Crippen LogP contribution in [0.5, 0.6) is 11.5 Å². The largest absolute Gasteiger partial charge is 0.454 e. The van der Waals surface area contributed by atoms with E-state index in [4.69, 9.17) is 9.47 Å². The van der Waals surface area contributed by atoms with Crippen molar-refractivity contribution < 1.29 is 9.47 Å².